The second kappa shape index (κ2) is 7.37. The standard InChI is InChI=1S/C26H25NO/c1-2-18-13-14-27-26(15-18)28-17-20-16-25-21-8-4-3-7-19(21)11-12-24(25)23-10-6-5-9-22(20)23/h3-12,14,16,18,26H,2,13,15,17H2,1H3. The first kappa shape index (κ1) is 17.4. The Balaban J connectivity index is 1.60. The van der Waals surface area contributed by atoms with Gasteiger partial charge in [-0.3, -0.25) is 4.99 Å². The molecule has 4 aromatic carbocycles. The number of benzene rings is 4. The zero-order valence-electron chi connectivity index (χ0n) is 16.3. The Hall–Kier alpha value is -2.71. The van der Waals surface area contributed by atoms with Crippen LogP contribution in [0.5, 0.6) is 0 Å². The van der Waals surface area contributed by atoms with Crippen molar-refractivity contribution in [2.45, 2.75) is 39.0 Å². The van der Waals surface area contributed by atoms with Gasteiger partial charge < -0.3 is 4.74 Å². The lowest BCUT2D eigenvalue weighted by Crippen LogP contribution is -2.20. The van der Waals surface area contributed by atoms with Gasteiger partial charge >= 0.3 is 0 Å². The molecule has 2 heteroatoms. The minimum absolute atomic E-state index is 0.0133. The van der Waals surface area contributed by atoms with Crippen LogP contribution in [0.3, 0.4) is 0 Å². The molecule has 1 aliphatic rings. The summed E-state index contributed by atoms with van der Waals surface area (Å²) >= 11 is 0. The van der Waals surface area contributed by atoms with Gasteiger partial charge in [0.05, 0.1) is 6.61 Å². The fraction of sp³-hybridized carbons (Fsp3) is 0.269. The van der Waals surface area contributed by atoms with Crippen molar-refractivity contribution in [3.63, 3.8) is 0 Å². The van der Waals surface area contributed by atoms with Crippen molar-refractivity contribution in [3.05, 3.63) is 72.3 Å². The Kier molecular flexibility index (Phi) is 4.58. The van der Waals surface area contributed by atoms with Crippen molar-refractivity contribution in [1.29, 1.82) is 0 Å². The second-order valence-electron chi connectivity index (χ2n) is 7.81. The van der Waals surface area contributed by atoms with Crippen LogP contribution in [0.15, 0.2) is 71.7 Å². The summed E-state index contributed by atoms with van der Waals surface area (Å²) in [6, 6.07) is 24.1. The average Bonchev–Trinajstić information content (AvgIpc) is 2.77. The van der Waals surface area contributed by atoms with E-state index in [-0.39, 0.29) is 6.23 Å². The molecule has 1 heterocycles. The van der Waals surface area contributed by atoms with Gasteiger partial charge in [-0.2, -0.15) is 0 Å². The summed E-state index contributed by atoms with van der Waals surface area (Å²) in [6.07, 6.45) is 5.34. The number of ether oxygens (including phenoxy) is 1. The number of nitrogens with zero attached hydrogens (tertiary/aromatic N) is 1. The van der Waals surface area contributed by atoms with Crippen molar-refractivity contribution < 1.29 is 4.74 Å². The predicted molar refractivity (Wildman–Crippen MR) is 119 cm³/mol. The molecule has 1 aliphatic heterocycles. The number of aliphatic imine (C=N–C) groups is 1. The minimum atomic E-state index is -0.0133. The van der Waals surface area contributed by atoms with Crippen LogP contribution in [-0.4, -0.2) is 12.4 Å². The van der Waals surface area contributed by atoms with Crippen LogP contribution >= 0.6 is 0 Å². The Morgan fingerprint density at radius 1 is 0.857 bits per heavy atom. The molecular formula is C26H25NO. The Morgan fingerprint density at radius 3 is 2.46 bits per heavy atom. The van der Waals surface area contributed by atoms with Crippen LogP contribution < -0.4 is 0 Å². The van der Waals surface area contributed by atoms with E-state index in [1.165, 1.54) is 44.3 Å². The van der Waals surface area contributed by atoms with Gasteiger partial charge in [0.1, 0.15) is 6.23 Å². The molecule has 0 bridgehead atoms. The van der Waals surface area contributed by atoms with Gasteiger partial charge in [-0.25, -0.2) is 0 Å². The Bertz CT molecular complexity index is 1180. The predicted octanol–water partition coefficient (Wildman–Crippen LogP) is 6.88. The van der Waals surface area contributed by atoms with Crippen molar-refractivity contribution in [2.75, 3.05) is 0 Å². The van der Waals surface area contributed by atoms with Gasteiger partial charge in [0, 0.05) is 6.21 Å². The van der Waals surface area contributed by atoms with Gasteiger partial charge in [0.25, 0.3) is 0 Å². The molecule has 0 spiro atoms. The minimum Gasteiger partial charge on any atom is -0.352 e. The molecule has 28 heavy (non-hydrogen) atoms. The molecule has 0 amide bonds. The lowest BCUT2D eigenvalue weighted by Gasteiger charge is -2.23. The van der Waals surface area contributed by atoms with E-state index in [4.69, 9.17) is 4.74 Å². The van der Waals surface area contributed by atoms with E-state index in [9.17, 15) is 0 Å². The highest BCUT2D eigenvalue weighted by molar-refractivity contribution is 6.18. The highest BCUT2D eigenvalue weighted by Gasteiger charge is 2.18. The first-order chi connectivity index (χ1) is 13.8. The van der Waals surface area contributed by atoms with Crippen molar-refractivity contribution in [1.82, 2.24) is 0 Å². The quantitative estimate of drug-likeness (QED) is 0.360. The molecule has 5 rings (SSSR count). The third-order valence-corrected chi connectivity index (χ3v) is 6.11. The van der Waals surface area contributed by atoms with Gasteiger partial charge in [-0.05, 0) is 62.7 Å². The van der Waals surface area contributed by atoms with Crippen LogP contribution in [-0.2, 0) is 11.3 Å². The maximum atomic E-state index is 6.27. The maximum Gasteiger partial charge on any atom is 0.148 e. The van der Waals surface area contributed by atoms with Crippen LogP contribution in [0.4, 0.5) is 0 Å². The smallest absolute Gasteiger partial charge is 0.148 e. The van der Waals surface area contributed by atoms with Gasteiger partial charge in [0.2, 0.25) is 0 Å². The van der Waals surface area contributed by atoms with E-state index >= 15 is 0 Å². The highest BCUT2D eigenvalue weighted by atomic mass is 16.5. The molecule has 0 saturated carbocycles. The molecule has 0 aliphatic carbocycles. The Morgan fingerprint density at radius 2 is 1.61 bits per heavy atom. The van der Waals surface area contributed by atoms with E-state index in [2.05, 4.69) is 78.6 Å². The SMILES string of the molecule is CCC1CC=NC(OCc2cc3c4ccccc4ccc3c3ccccc23)C1. The van der Waals surface area contributed by atoms with E-state index < -0.39 is 0 Å². The molecule has 0 radical (unpaired) electrons. The molecule has 140 valence electrons. The van der Waals surface area contributed by atoms with E-state index in [1.807, 2.05) is 6.21 Å². The van der Waals surface area contributed by atoms with E-state index in [1.54, 1.807) is 0 Å². The van der Waals surface area contributed by atoms with Crippen molar-refractivity contribution in [3.8, 4) is 0 Å². The number of fused-ring (bicyclic) bond motifs is 5. The third-order valence-electron chi connectivity index (χ3n) is 6.11. The van der Waals surface area contributed by atoms with E-state index in [0.29, 0.717) is 12.5 Å². The Labute approximate surface area is 165 Å². The number of rotatable bonds is 4. The molecule has 0 saturated heterocycles. The van der Waals surface area contributed by atoms with Crippen molar-refractivity contribution in [2.24, 2.45) is 10.9 Å². The fourth-order valence-electron chi connectivity index (χ4n) is 4.46. The molecular weight excluding hydrogens is 342 g/mol. The fourth-order valence-corrected chi connectivity index (χ4v) is 4.46. The topological polar surface area (TPSA) is 21.6 Å². The van der Waals surface area contributed by atoms with Gasteiger partial charge in [-0.15, -0.1) is 0 Å². The second-order valence-corrected chi connectivity index (χ2v) is 7.81. The maximum absolute atomic E-state index is 6.27. The summed E-state index contributed by atoms with van der Waals surface area (Å²) in [7, 11) is 0. The average molecular weight is 367 g/mol. The monoisotopic (exact) mass is 367 g/mol. The summed E-state index contributed by atoms with van der Waals surface area (Å²) in [5.41, 5.74) is 1.24. The summed E-state index contributed by atoms with van der Waals surface area (Å²) in [5.74, 6) is 0.694. The molecule has 2 nitrogen and oxygen atoms in total. The zero-order valence-corrected chi connectivity index (χ0v) is 16.3. The van der Waals surface area contributed by atoms with Crippen LogP contribution in [0.1, 0.15) is 31.7 Å². The van der Waals surface area contributed by atoms with Crippen molar-refractivity contribution >= 4 is 38.5 Å². The molecule has 2 unspecified atom stereocenters. The molecule has 0 aromatic heterocycles. The first-order valence-corrected chi connectivity index (χ1v) is 10.3. The number of hydrogen-bond acceptors (Lipinski definition) is 2. The lowest BCUT2D eigenvalue weighted by atomic mass is 9.94. The normalized spacial score (nSPS) is 19.6. The lowest BCUT2D eigenvalue weighted by molar-refractivity contribution is 0.0275. The van der Waals surface area contributed by atoms with Crippen LogP contribution in [0.2, 0.25) is 0 Å². The van der Waals surface area contributed by atoms with Gasteiger partial charge in [-0.1, -0.05) is 74.0 Å². The van der Waals surface area contributed by atoms with Crippen LogP contribution in [0, 0.1) is 5.92 Å². The summed E-state index contributed by atoms with van der Waals surface area (Å²) in [4.78, 5) is 4.59. The summed E-state index contributed by atoms with van der Waals surface area (Å²) < 4.78 is 6.27. The van der Waals surface area contributed by atoms with Crippen LogP contribution in [0.25, 0.3) is 32.3 Å². The number of hydrogen-bond donors (Lipinski definition) is 0. The van der Waals surface area contributed by atoms with E-state index in [0.717, 1.165) is 12.8 Å². The van der Waals surface area contributed by atoms with Gasteiger partial charge in [0.15, 0.2) is 0 Å². The highest BCUT2D eigenvalue weighted by Crippen LogP contribution is 2.34. The largest absolute Gasteiger partial charge is 0.352 e. The zero-order chi connectivity index (χ0) is 18.9. The third kappa shape index (κ3) is 3.08. The first-order valence-electron chi connectivity index (χ1n) is 10.3. The molecule has 4 aromatic rings. The summed E-state index contributed by atoms with van der Waals surface area (Å²) in [6.45, 7) is 2.85. The summed E-state index contributed by atoms with van der Waals surface area (Å²) in [5, 5.41) is 7.75. The molecule has 2 atom stereocenters. The molecule has 0 N–H and O–H groups in total. The molecule has 0 fully saturated rings.